The van der Waals surface area contributed by atoms with Crippen molar-refractivity contribution in [1.29, 1.82) is 0 Å². The minimum Gasteiger partial charge on any atom is -0.314 e. The Hall–Kier alpha value is -0.940. The van der Waals surface area contributed by atoms with E-state index in [4.69, 9.17) is 0 Å². The number of aryl methyl sites for hydroxylation is 1. The highest BCUT2D eigenvalue weighted by Crippen LogP contribution is 2.05. The molecule has 84 valence electrons. The first-order chi connectivity index (χ1) is 7.40. The highest BCUT2D eigenvalue weighted by molar-refractivity contribution is 5.00. The SMILES string of the molecule is FCCn1nccc1CN1CCNCC1. The van der Waals surface area contributed by atoms with Crippen LogP contribution in [0.4, 0.5) is 4.39 Å². The quantitative estimate of drug-likeness (QED) is 0.777. The van der Waals surface area contributed by atoms with E-state index in [1.165, 1.54) is 0 Å². The Kier molecular flexibility index (Phi) is 3.69. The van der Waals surface area contributed by atoms with Gasteiger partial charge in [0.25, 0.3) is 0 Å². The third-order valence-corrected chi connectivity index (χ3v) is 2.70. The zero-order valence-corrected chi connectivity index (χ0v) is 8.82. The minimum atomic E-state index is -0.351. The molecule has 1 fully saturated rings. The number of aromatic nitrogens is 2. The Morgan fingerprint density at radius 2 is 2.20 bits per heavy atom. The van der Waals surface area contributed by atoms with Gasteiger partial charge < -0.3 is 5.32 Å². The first-order valence-corrected chi connectivity index (χ1v) is 5.40. The molecule has 0 radical (unpaired) electrons. The van der Waals surface area contributed by atoms with Crippen LogP contribution >= 0.6 is 0 Å². The Bertz CT molecular complexity index is 293. The summed E-state index contributed by atoms with van der Waals surface area (Å²) < 4.78 is 14.0. The van der Waals surface area contributed by atoms with Gasteiger partial charge in [0.15, 0.2) is 0 Å². The van der Waals surface area contributed by atoms with Gasteiger partial charge in [0.1, 0.15) is 6.67 Å². The van der Waals surface area contributed by atoms with Crippen molar-refractivity contribution in [2.24, 2.45) is 0 Å². The maximum absolute atomic E-state index is 12.2. The predicted octanol–water partition coefficient (Wildman–Crippen LogP) is 0.258. The molecule has 0 aromatic carbocycles. The van der Waals surface area contributed by atoms with Crippen molar-refractivity contribution in [3.8, 4) is 0 Å². The molecule has 1 aliphatic rings. The number of alkyl halides is 1. The van der Waals surface area contributed by atoms with Gasteiger partial charge in [-0.25, -0.2) is 4.39 Å². The molecule has 0 bridgehead atoms. The van der Waals surface area contributed by atoms with E-state index in [0.717, 1.165) is 38.4 Å². The number of nitrogens with zero attached hydrogens (tertiary/aromatic N) is 3. The highest BCUT2D eigenvalue weighted by Gasteiger charge is 2.12. The second kappa shape index (κ2) is 5.23. The molecule has 0 unspecified atom stereocenters. The zero-order chi connectivity index (χ0) is 10.5. The number of nitrogens with one attached hydrogen (secondary N) is 1. The van der Waals surface area contributed by atoms with Crippen molar-refractivity contribution in [1.82, 2.24) is 20.0 Å². The smallest absolute Gasteiger partial charge is 0.109 e. The summed E-state index contributed by atoms with van der Waals surface area (Å²) in [5.41, 5.74) is 1.11. The van der Waals surface area contributed by atoms with Crippen LogP contribution in [0.25, 0.3) is 0 Å². The molecular weight excluding hydrogens is 195 g/mol. The Morgan fingerprint density at radius 3 is 2.93 bits per heavy atom. The summed E-state index contributed by atoms with van der Waals surface area (Å²) in [7, 11) is 0. The molecule has 0 aliphatic carbocycles. The molecule has 0 saturated carbocycles. The van der Waals surface area contributed by atoms with Crippen molar-refractivity contribution in [2.45, 2.75) is 13.1 Å². The third kappa shape index (κ3) is 2.76. The van der Waals surface area contributed by atoms with Gasteiger partial charge in [0.05, 0.1) is 12.2 Å². The molecule has 4 nitrogen and oxygen atoms in total. The first-order valence-electron chi connectivity index (χ1n) is 5.40. The molecule has 1 aromatic heterocycles. The summed E-state index contributed by atoms with van der Waals surface area (Å²) in [5.74, 6) is 0. The van der Waals surface area contributed by atoms with Crippen molar-refractivity contribution in [3.63, 3.8) is 0 Å². The standard InChI is InChI=1S/C10H17FN4/c11-2-6-15-10(1-3-13-15)9-14-7-4-12-5-8-14/h1,3,12H,2,4-9H2. The van der Waals surface area contributed by atoms with Gasteiger partial charge in [-0.15, -0.1) is 0 Å². The van der Waals surface area contributed by atoms with Gasteiger partial charge in [-0.1, -0.05) is 0 Å². The summed E-state index contributed by atoms with van der Waals surface area (Å²) >= 11 is 0. The van der Waals surface area contributed by atoms with E-state index in [1.807, 2.05) is 6.07 Å². The fraction of sp³-hybridized carbons (Fsp3) is 0.700. The Balaban J connectivity index is 1.93. The molecule has 2 rings (SSSR count). The lowest BCUT2D eigenvalue weighted by atomic mass is 10.3. The average Bonchev–Trinajstić information content (AvgIpc) is 2.68. The highest BCUT2D eigenvalue weighted by atomic mass is 19.1. The first kappa shape index (κ1) is 10.6. The molecule has 0 spiro atoms. The average molecular weight is 212 g/mol. The van der Waals surface area contributed by atoms with E-state index >= 15 is 0 Å². The van der Waals surface area contributed by atoms with Gasteiger partial charge >= 0.3 is 0 Å². The van der Waals surface area contributed by atoms with E-state index in [0.29, 0.717) is 6.54 Å². The van der Waals surface area contributed by atoms with Gasteiger partial charge in [0.2, 0.25) is 0 Å². The summed E-state index contributed by atoms with van der Waals surface area (Å²) in [6, 6.07) is 1.97. The van der Waals surface area contributed by atoms with E-state index in [9.17, 15) is 4.39 Å². The van der Waals surface area contributed by atoms with Crippen LogP contribution < -0.4 is 5.32 Å². The number of rotatable bonds is 4. The number of piperazine rings is 1. The Labute approximate surface area is 89.1 Å². The van der Waals surface area contributed by atoms with Crippen LogP contribution in [0.5, 0.6) is 0 Å². The van der Waals surface area contributed by atoms with Crippen LogP contribution in [0.2, 0.25) is 0 Å². The van der Waals surface area contributed by atoms with E-state index in [-0.39, 0.29) is 6.67 Å². The van der Waals surface area contributed by atoms with E-state index < -0.39 is 0 Å². The second-order valence-electron chi connectivity index (χ2n) is 3.76. The van der Waals surface area contributed by atoms with Gasteiger partial charge in [-0.05, 0) is 6.07 Å². The largest absolute Gasteiger partial charge is 0.314 e. The Morgan fingerprint density at radius 1 is 1.40 bits per heavy atom. The normalized spacial score (nSPS) is 18.2. The second-order valence-corrected chi connectivity index (χ2v) is 3.76. The van der Waals surface area contributed by atoms with Crippen LogP contribution in [-0.2, 0) is 13.1 Å². The summed E-state index contributed by atoms with van der Waals surface area (Å²) in [5, 5.41) is 7.42. The lowest BCUT2D eigenvalue weighted by molar-refractivity contribution is 0.225. The summed E-state index contributed by atoms with van der Waals surface area (Å²) in [4.78, 5) is 2.36. The monoisotopic (exact) mass is 212 g/mol. The predicted molar refractivity (Wildman–Crippen MR) is 56.3 cm³/mol. The number of halogens is 1. The molecule has 2 heterocycles. The number of hydrogen-bond acceptors (Lipinski definition) is 3. The van der Waals surface area contributed by atoms with Crippen molar-refractivity contribution in [3.05, 3.63) is 18.0 Å². The topological polar surface area (TPSA) is 33.1 Å². The summed E-state index contributed by atoms with van der Waals surface area (Å²) in [6.45, 7) is 5.09. The molecular formula is C10H17FN4. The van der Waals surface area contributed by atoms with Gasteiger partial charge in [0, 0.05) is 38.9 Å². The maximum Gasteiger partial charge on any atom is 0.109 e. The molecule has 0 amide bonds. The third-order valence-electron chi connectivity index (χ3n) is 2.70. The van der Waals surface area contributed by atoms with E-state index in [2.05, 4.69) is 15.3 Å². The molecule has 1 aliphatic heterocycles. The van der Waals surface area contributed by atoms with Crippen LogP contribution in [0, 0.1) is 0 Å². The zero-order valence-electron chi connectivity index (χ0n) is 8.82. The van der Waals surface area contributed by atoms with Gasteiger partial charge in [-0.3, -0.25) is 9.58 Å². The maximum atomic E-state index is 12.2. The molecule has 1 aromatic rings. The van der Waals surface area contributed by atoms with Crippen molar-refractivity contribution < 1.29 is 4.39 Å². The van der Waals surface area contributed by atoms with Gasteiger partial charge in [-0.2, -0.15) is 5.10 Å². The lowest BCUT2D eigenvalue weighted by Gasteiger charge is -2.27. The van der Waals surface area contributed by atoms with Crippen LogP contribution in [0.1, 0.15) is 5.69 Å². The van der Waals surface area contributed by atoms with E-state index in [1.54, 1.807) is 10.9 Å². The minimum absolute atomic E-state index is 0.351. The fourth-order valence-electron chi connectivity index (χ4n) is 1.87. The van der Waals surface area contributed by atoms with Crippen molar-refractivity contribution in [2.75, 3.05) is 32.9 Å². The molecule has 5 heteroatoms. The van der Waals surface area contributed by atoms with Crippen LogP contribution in [0.15, 0.2) is 12.3 Å². The van der Waals surface area contributed by atoms with Crippen molar-refractivity contribution >= 4 is 0 Å². The molecule has 1 N–H and O–H groups in total. The molecule has 1 saturated heterocycles. The molecule has 15 heavy (non-hydrogen) atoms. The lowest BCUT2D eigenvalue weighted by Crippen LogP contribution is -2.43. The number of hydrogen-bond donors (Lipinski definition) is 1. The summed E-state index contributed by atoms with van der Waals surface area (Å²) in [6.07, 6.45) is 1.74. The fourth-order valence-corrected chi connectivity index (χ4v) is 1.87. The van der Waals surface area contributed by atoms with Crippen LogP contribution in [0.3, 0.4) is 0 Å². The van der Waals surface area contributed by atoms with Crippen LogP contribution in [-0.4, -0.2) is 47.5 Å². The molecule has 0 atom stereocenters.